The molecular formula is C8H15NO2. The minimum Gasteiger partial charge on any atom is -0.383 e. The Morgan fingerprint density at radius 3 is 2.18 bits per heavy atom. The molecule has 0 saturated carbocycles. The molecule has 1 heterocycles. The van der Waals surface area contributed by atoms with E-state index in [1.165, 1.54) is 0 Å². The molecule has 0 unspecified atom stereocenters. The molecule has 0 aromatic rings. The van der Waals surface area contributed by atoms with Gasteiger partial charge in [-0.1, -0.05) is 13.8 Å². The van der Waals surface area contributed by atoms with Crippen LogP contribution < -0.4 is 0 Å². The lowest BCUT2D eigenvalue weighted by atomic mass is 9.89. The van der Waals surface area contributed by atoms with E-state index in [1.807, 2.05) is 13.8 Å². The van der Waals surface area contributed by atoms with E-state index in [9.17, 15) is 0 Å². The number of nitriles is 1. The average molecular weight is 157 g/mol. The zero-order valence-corrected chi connectivity index (χ0v) is 7.39. The molecule has 0 radical (unpaired) electrons. The summed E-state index contributed by atoms with van der Waals surface area (Å²) >= 11 is 0. The molecular weight excluding hydrogens is 142 g/mol. The predicted molar refractivity (Wildman–Crippen MR) is 42.1 cm³/mol. The maximum Gasteiger partial charge on any atom is 0.127 e. The molecule has 0 aromatic heterocycles. The van der Waals surface area contributed by atoms with Crippen molar-refractivity contribution in [1.82, 2.24) is 0 Å². The fourth-order valence-corrected chi connectivity index (χ4v) is 0.805. The Hall–Kier alpha value is -0.590. The molecule has 1 rings (SSSR count). The summed E-state index contributed by atoms with van der Waals surface area (Å²) in [5.74, 6) is 0. The second-order valence-electron chi connectivity index (χ2n) is 2.32. The van der Waals surface area contributed by atoms with Gasteiger partial charge in [0.2, 0.25) is 0 Å². The molecule has 64 valence electrons. The summed E-state index contributed by atoms with van der Waals surface area (Å²) in [6.45, 7) is 5.54. The van der Waals surface area contributed by atoms with E-state index < -0.39 is 0 Å². The lowest BCUT2D eigenvalue weighted by Gasteiger charge is -2.33. The second kappa shape index (κ2) is 5.11. The summed E-state index contributed by atoms with van der Waals surface area (Å²) in [7, 11) is 1.59. The van der Waals surface area contributed by atoms with Crippen molar-refractivity contribution in [3.63, 3.8) is 0 Å². The standard InChI is InChI=1S/C6H9NO2.C2H6/c1-8-3-6(2-7)4-9-5-6;1-2/h3-5H2,1H3;1-2H3. The molecule has 0 aliphatic carbocycles. The van der Waals surface area contributed by atoms with Crippen molar-refractivity contribution in [1.29, 1.82) is 5.26 Å². The summed E-state index contributed by atoms with van der Waals surface area (Å²) in [5, 5.41) is 8.56. The van der Waals surface area contributed by atoms with Crippen LogP contribution in [0.5, 0.6) is 0 Å². The molecule has 1 aliphatic rings. The Morgan fingerprint density at radius 1 is 1.55 bits per heavy atom. The van der Waals surface area contributed by atoms with Gasteiger partial charge in [-0.25, -0.2) is 0 Å². The van der Waals surface area contributed by atoms with E-state index in [1.54, 1.807) is 7.11 Å². The summed E-state index contributed by atoms with van der Waals surface area (Å²) in [6.07, 6.45) is 0. The fourth-order valence-electron chi connectivity index (χ4n) is 0.805. The average Bonchev–Trinajstić information content (AvgIpc) is 2.01. The van der Waals surface area contributed by atoms with Crippen LogP contribution in [0.25, 0.3) is 0 Å². The van der Waals surface area contributed by atoms with Crippen molar-refractivity contribution in [2.24, 2.45) is 5.41 Å². The van der Waals surface area contributed by atoms with E-state index in [-0.39, 0.29) is 5.41 Å². The fraction of sp³-hybridized carbons (Fsp3) is 0.875. The normalized spacial score (nSPS) is 18.7. The van der Waals surface area contributed by atoms with E-state index >= 15 is 0 Å². The Labute approximate surface area is 67.9 Å². The topological polar surface area (TPSA) is 42.2 Å². The first-order valence-corrected chi connectivity index (χ1v) is 3.81. The van der Waals surface area contributed by atoms with Gasteiger partial charge in [0.1, 0.15) is 5.41 Å². The van der Waals surface area contributed by atoms with Gasteiger partial charge in [0.25, 0.3) is 0 Å². The third-order valence-corrected chi connectivity index (χ3v) is 1.41. The van der Waals surface area contributed by atoms with E-state index in [0.717, 1.165) is 0 Å². The van der Waals surface area contributed by atoms with Gasteiger partial charge in [-0.15, -0.1) is 0 Å². The van der Waals surface area contributed by atoms with Crippen molar-refractivity contribution < 1.29 is 9.47 Å². The first-order valence-electron chi connectivity index (χ1n) is 3.81. The van der Waals surface area contributed by atoms with Gasteiger partial charge in [-0.3, -0.25) is 0 Å². The number of hydrogen-bond donors (Lipinski definition) is 0. The number of nitrogens with zero attached hydrogens (tertiary/aromatic N) is 1. The molecule has 0 atom stereocenters. The molecule has 0 bridgehead atoms. The highest BCUT2D eigenvalue weighted by atomic mass is 16.5. The highest BCUT2D eigenvalue weighted by Crippen LogP contribution is 2.25. The molecule has 0 spiro atoms. The van der Waals surface area contributed by atoms with Crippen LogP contribution in [0, 0.1) is 16.7 Å². The molecule has 1 aliphatic heterocycles. The van der Waals surface area contributed by atoms with Crippen molar-refractivity contribution >= 4 is 0 Å². The van der Waals surface area contributed by atoms with Gasteiger partial charge >= 0.3 is 0 Å². The quantitative estimate of drug-likeness (QED) is 0.604. The largest absolute Gasteiger partial charge is 0.383 e. The van der Waals surface area contributed by atoms with Crippen LogP contribution in [0.3, 0.4) is 0 Å². The van der Waals surface area contributed by atoms with Crippen LogP contribution in [0.4, 0.5) is 0 Å². The van der Waals surface area contributed by atoms with Crippen LogP contribution in [-0.2, 0) is 9.47 Å². The monoisotopic (exact) mass is 157 g/mol. The lowest BCUT2D eigenvalue weighted by Crippen LogP contribution is -2.44. The number of ether oxygens (including phenoxy) is 2. The van der Waals surface area contributed by atoms with Gasteiger partial charge in [-0.2, -0.15) is 5.26 Å². The molecule has 11 heavy (non-hydrogen) atoms. The molecule has 3 nitrogen and oxygen atoms in total. The van der Waals surface area contributed by atoms with E-state index in [2.05, 4.69) is 6.07 Å². The molecule has 0 amide bonds. The van der Waals surface area contributed by atoms with Crippen LogP contribution in [0.1, 0.15) is 13.8 Å². The highest BCUT2D eigenvalue weighted by molar-refractivity contribution is 5.03. The smallest absolute Gasteiger partial charge is 0.127 e. The van der Waals surface area contributed by atoms with Crippen molar-refractivity contribution in [2.45, 2.75) is 13.8 Å². The van der Waals surface area contributed by atoms with Crippen LogP contribution in [-0.4, -0.2) is 26.9 Å². The Kier molecular flexibility index (Phi) is 4.84. The van der Waals surface area contributed by atoms with E-state index in [4.69, 9.17) is 14.7 Å². The first-order chi connectivity index (χ1) is 5.33. The molecule has 3 heteroatoms. The Morgan fingerprint density at radius 2 is 2.09 bits per heavy atom. The minimum absolute atomic E-state index is 0.325. The van der Waals surface area contributed by atoms with Crippen LogP contribution >= 0.6 is 0 Å². The van der Waals surface area contributed by atoms with Crippen molar-refractivity contribution in [3.8, 4) is 6.07 Å². The van der Waals surface area contributed by atoms with Gasteiger partial charge in [0.05, 0.1) is 25.9 Å². The summed E-state index contributed by atoms with van der Waals surface area (Å²) in [5.41, 5.74) is -0.325. The molecule has 1 fully saturated rings. The van der Waals surface area contributed by atoms with Crippen LogP contribution in [0.2, 0.25) is 0 Å². The predicted octanol–water partition coefficient (Wildman–Crippen LogP) is 1.20. The lowest BCUT2D eigenvalue weighted by molar-refractivity contribution is -0.108. The Balaban J connectivity index is 0.000000461. The highest BCUT2D eigenvalue weighted by Gasteiger charge is 2.38. The van der Waals surface area contributed by atoms with Gasteiger partial charge in [0.15, 0.2) is 0 Å². The third-order valence-electron chi connectivity index (χ3n) is 1.41. The van der Waals surface area contributed by atoms with E-state index in [0.29, 0.717) is 19.8 Å². The maximum absolute atomic E-state index is 8.56. The number of methoxy groups -OCH3 is 1. The third kappa shape index (κ3) is 2.49. The SMILES string of the molecule is CC.COCC1(C#N)COC1. The number of rotatable bonds is 2. The zero-order valence-electron chi connectivity index (χ0n) is 7.39. The molecule has 0 N–H and O–H groups in total. The summed E-state index contributed by atoms with van der Waals surface area (Å²) < 4.78 is 9.72. The first kappa shape index (κ1) is 10.4. The van der Waals surface area contributed by atoms with Crippen molar-refractivity contribution in [2.75, 3.05) is 26.9 Å². The minimum atomic E-state index is -0.325. The number of hydrogen-bond acceptors (Lipinski definition) is 3. The van der Waals surface area contributed by atoms with Gasteiger partial charge in [-0.05, 0) is 0 Å². The molecule has 1 saturated heterocycles. The van der Waals surface area contributed by atoms with Crippen molar-refractivity contribution in [3.05, 3.63) is 0 Å². The summed E-state index contributed by atoms with van der Waals surface area (Å²) in [4.78, 5) is 0. The maximum atomic E-state index is 8.56. The van der Waals surface area contributed by atoms with Gasteiger partial charge < -0.3 is 9.47 Å². The molecule has 0 aromatic carbocycles. The second-order valence-corrected chi connectivity index (χ2v) is 2.32. The zero-order chi connectivity index (χ0) is 8.74. The summed E-state index contributed by atoms with van der Waals surface area (Å²) in [6, 6.07) is 2.17. The Bertz CT molecular complexity index is 136. The van der Waals surface area contributed by atoms with Crippen LogP contribution in [0.15, 0.2) is 0 Å². The van der Waals surface area contributed by atoms with Gasteiger partial charge in [0, 0.05) is 7.11 Å².